The van der Waals surface area contributed by atoms with E-state index in [2.05, 4.69) is 5.32 Å². The van der Waals surface area contributed by atoms with E-state index in [0.717, 1.165) is 5.56 Å². The Kier molecular flexibility index (Phi) is 6.95. The lowest BCUT2D eigenvalue weighted by atomic mass is 9.87. The van der Waals surface area contributed by atoms with Gasteiger partial charge >= 0.3 is 11.9 Å². The van der Waals surface area contributed by atoms with Gasteiger partial charge in [-0.3, -0.25) is 9.59 Å². The fourth-order valence-electron chi connectivity index (χ4n) is 2.42. The monoisotopic (exact) mass is 363 g/mol. The van der Waals surface area contributed by atoms with E-state index in [-0.39, 0.29) is 12.8 Å². The first kappa shape index (κ1) is 21.7. The topological polar surface area (TPSA) is 81.7 Å². The lowest BCUT2D eigenvalue weighted by molar-refractivity contribution is -0.171. The number of nitrogens with one attached hydrogen (secondary N) is 1. The average Bonchev–Trinajstić information content (AvgIpc) is 2.44. The second kappa shape index (κ2) is 8.34. The molecule has 0 radical (unpaired) electrons. The number of hydrogen-bond acceptors (Lipinski definition) is 5. The van der Waals surface area contributed by atoms with Crippen molar-refractivity contribution in [3.63, 3.8) is 0 Å². The van der Waals surface area contributed by atoms with E-state index in [1.165, 1.54) is 0 Å². The second-order valence-electron chi connectivity index (χ2n) is 8.27. The van der Waals surface area contributed by atoms with Gasteiger partial charge in [0.2, 0.25) is 6.41 Å². The first-order chi connectivity index (χ1) is 11.9. The van der Waals surface area contributed by atoms with Gasteiger partial charge < -0.3 is 14.8 Å². The van der Waals surface area contributed by atoms with Crippen LogP contribution in [0.3, 0.4) is 0 Å². The minimum atomic E-state index is -1.54. The molecule has 1 unspecified atom stereocenters. The summed E-state index contributed by atoms with van der Waals surface area (Å²) in [5, 5.41) is 2.53. The summed E-state index contributed by atoms with van der Waals surface area (Å²) < 4.78 is 10.8. The van der Waals surface area contributed by atoms with E-state index in [0.29, 0.717) is 6.41 Å². The van der Waals surface area contributed by atoms with E-state index in [9.17, 15) is 14.4 Å². The van der Waals surface area contributed by atoms with Crippen LogP contribution in [0.15, 0.2) is 30.3 Å². The van der Waals surface area contributed by atoms with Crippen LogP contribution in [0.5, 0.6) is 0 Å². The Bertz CT molecular complexity index is 628. The molecule has 0 aliphatic carbocycles. The Morgan fingerprint density at radius 1 is 0.962 bits per heavy atom. The summed E-state index contributed by atoms with van der Waals surface area (Å²) in [6, 6.07) is 9.13. The summed E-state index contributed by atoms with van der Waals surface area (Å²) in [6.07, 6.45) is 0.199. The Morgan fingerprint density at radius 3 is 1.96 bits per heavy atom. The van der Waals surface area contributed by atoms with Gasteiger partial charge in [0.1, 0.15) is 11.2 Å². The molecule has 6 nitrogen and oxygen atoms in total. The summed E-state index contributed by atoms with van der Waals surface area (Å²) in [7, 11) is 0. The molecule has 0 aromatic heterocycles. The fraction of sp³-hybridized carbons (Fsp3) is 0.550. The van der Waals surface area contributed by atoms with Crippen LogP contribution in [0.25, 0.3) is 0 Å². The standard InChI is InChI=1S/C20H29NO5/c1-18(2,3)25-16(23)13-20(21-14-22,17(24)26-19(4,5)6)12-15-10-8-7-9-11-15/h7-11,14H,12-13H2,1-6H3,(H,21,22). The highest BCUT2D eigenvalue weighted by atomic mass is 16.6. The SMILES string of the molecule is CC(C)(C)OC(=O)CC(Cc1ccccc1)(NC=O)C(=O)OC(C)(C)C. The van der Waals surface area contributed by atoms with Crippen LogP contribution < -0.4 is 5.32 Å². The van der Waals surface area contributed by atoms with Gasteiger partial charge in [0.15, 0.2) is 5.54 Å². The maximum absolute atomic E-state index is 12.9. The number of ether oxygens (including phenoxy) is 2. The maximum atomic E-state index is 12.9. The van der Waals surface area contributed by atoms with Gasteiger partial charge in [-0.15, -0.1) is 0 Å². The quantitative estimate of drug-likeness (QED) is 0.595. The van der Waals surface area contributed by atoms with Crippen LogP contribution in [-0.2, 0) is 30.3 Å². The number of rotatable bonds is 7. The van der Waals surface area contributed by atoms with Crippen LogP contribution in [0, 0.1) is 0 Å². The second-order valence-corrected chi connectivity index (χ2v) is 8.27. The summed E-state index contributed by atoms with van der Waals surface area (Å²) in [4.78, 5) is 36.6. The third-order valence-electron chi connectivity index (χ3n) is 3.34. The van der Waals surface area contributed by atoms with Crippen LogP contribution >= 0.6 is 0 Å². The number of carbonyl (C=O) groups is 3. The Labute approximate surface area is 155 Å². The van der Waals surface area contributed by atoms with Crippen molar-refractivity contribution in [2.45, 2.75) is 71.1 Å². The van der Waals surface area contributed by atoms with Crippen molar-refractivity contribution in [2.75, 3.05) is 0 Å². The molecule has 1 atom stereocenters. The van der Waals surface area contributed by atoms with Crippen LogP contribution in [0.2, 0.25) is 0 Å². The largest absolute Gasteiger partial charge is 0.460 e. The number of benzene rings is 1. The Balaban J connectivity index is 3.23. The van der Waals surface area contributed by atoms with Crippen molar-refractivity contribution < 1.29 is 23.9 Å². The van der Waals surface area contributed by atoms with Gasteiger partial charge in [-0.1, -0.05) is 30.3 Å². The van der Waals surface area contributed by atoms with Crippen LogP contribution in [0.4, 0.5) is 0 Å². The summed E-state index contributed by atoms with van der Waals surface area (Å²) >= 11 is 0. The highest BCUT2D eigenvalue weighted by molar-refractivity contribution is 5.89. The number of carbonyl (C=O) groups excluding carboxylic acids is 3. The molecule has 26 heavy (non-hydrogen) atoms. The zero-order chi connectivity index (χ0) is 20.0. The van der Waals surface area contributed by atoms with Gasteiger partial charge in [-0.05, 0) is 47.1 Å². The summed E-state index contributed by atoms with van der Waals surface area (Å²) in [5.41, 5.74) is -2.22. The molecule has 0 saturated heterocycles. The molecule has 0 aliphatic heterocycles. The van der Waals surface area contributed by atoms with Crippen molar-refractivity contribution >= 4 is 18.3 Å². The minimum absolute atomic E-state index is 0.112. The van der Waals surface area contributed by atoms with Crippen molar-refractivity contribution in [3.05, 3.63) is 35.9 Å². The fourth-order valence-corrected chi connectivity index (χ4v) is 2.42. The highest BCUT2D eigenvalue weighted by Crippen LogP contribution is 2.24. The van der Waals surface area contributed by atoms with Crippen molar-refractivity contribution in [1.82, 2.24) is 5.32 Å². The normalized spacial score (nSPS) is 14.1. The predicted molar refractivity (Wildman–Crippen MR) is 98.4 cm³/mol. The summed E-state index contributed by atoms with van der Waals surface area (Å²) in [5.74, 6) is -1.26. The molecule has 1 N–H and O–H groups in total. The molecule has 0 spiro atoms. The van der Waals surface area contributed by atoms with Crippen molar-refractivity contribution in [1.29, 1.82) is 0 Å². The van der Waals surface area contributed by atoms with Gasteiger partial charge in [-0.25, -0.2) is 4.79 Å². The molecule has 6 heteroatoms. The predicted octanol–water partition coefficient (Wildman–Crippen LogP) is 2.79. The Morgan fingerprint density at radius 2 is 1.50 bits per heavy atom. The van der Waals surface area contributed by atoms with Gasteiger partial charge in [0, 0.05) is 6.42 Å². The third-order valence-corrected chi connectivity index (χ3v) is 3.34. The zero-order valence-corrected chi connectivity index (χ0v) is 16.4. The van der Waals surface area contributed by atoms with E-state index in [1.807, 2.05) is 30.3 Å². The molecule has 1 aromatic rings. The molecular weight excluding hydrogens is 334 g/mol. The Hall–Kier alpha value is -2.37. The molecule has 1 aromatic carbocycles. The highest BCUT2D eigenvalue weighted by Gasteiger charge is 2.44. The number of hydrogen-bond donors (Lipinski definition) is 1. The number of esters is 2. The zero-order valence-electron chi connectivity index (χ0n) is 16.4. The first-order valence-electron chi connectivity index (χ1n) is 8.57. The summed E-state index contributed by atoms with van der Waals surface area (Å²) in [6.45, 7) is 10.4. The number of amides is 1. The molecule has 0 heterocycles. The van der Waals surface area contributed by atoms with E-state index in [4.69, 9.17) is 9.47 Å². The lowest BCUT2D eigenvalue weighted by Gasteiger charge is -2.34. The average molecular weight is 363 g/mol. The van der Waals surface area contributed by atoms with E-state index >= 15 is 0 Å². The lowest BCUT2D eigenvalue weighted by Crippen LogP contribution is -2.57. The van der Waals surface area contributed by atoms with Crippen LogP contribution in [-0.4, -0.2) is 35.1 Å². The van der Waals surface area contributed by atoms with Gasteiger partial charge in [-0.2, -0.15) is 0 Å². The van der Waals surface area contributed by atoms with Crippen LogP contribution in [0.1, 0.15) is 53.5 Å². The first-order valence-corrected chi connectivity index (χ1v) is 8.57. The smallest absolute Gasteiger partial charge is 0.333 e. The van der Waals surface area contributed by atoms with Gasteiger partial charge in [0.25, 0.3) is 0 Å². The van der Waals surface area contributed by atoms with E-state index < -0.39 is 28.7 Å². The maximum Gasteiger partial charge on any atom is 0.333 e. The molecule has 0 aliphatic rings. The molecule has 1 amide bonds. The van der Waals surface area contributed by atoms with Gasteiger partial charge in [0.05, 0.1) is 6.42 Å². The minimum Gasteiger partial charge on any atom is -0.460 e. The van der Waals surface area contributed by atoms with E-state index in [1.54, 1.807) is 41.5 Å². The molecule has 1 rings (SSSR count). The third kappa shape index (κ3) is 7.25. The molecule has 0 fully saturated rings. The van der Waals surface area contributed by atoms with Crippen molar-refractivity contribution in [2.24, 2.45) is 0 Å². The molecule has 0 saturated carbocycles. The molecule has 0 bridgehead atoms. The van der Waals surface area contributed by atoms with Crippen molar-refractivity contribution in [3.8, 4) is 0 Å². The molecular formula is C20H29NO5. The molecule has 144 valence electrons.